The molecule has 0 bridgehead atoms. The van der Waals surface area contributed by atoms with E-state index in [1.54, 1.807) is 6.20 Å². The van der Waals surface area contributed by atoms with E-state index in [9.17, 15) is 13.2 Å². The molecule has 2 aromatic rings. The molecule has 0 spiro atoms. The number of aryl methyl sites for hydroxylation is 1. The van der Waals surface area contributed by atoms with Gasteiger partial charge in [-0.15, -0.1) is 0 Å². The zero-order valence-electron chi connectivity index (χ0n) is 13.0. The number of rotatable bonds is 4. The van der Waals surface area contributed by atoms with Gasteiger partial charge < -0.3 is 9.55 Å². The fourth-order valence-corrected chi connectivity index (χ4v) is 3.09. The minimum Gasteiger partial charge on any atom is -0.338 e. The van der Waals surface area contributed by atoms with Crippen LogP contribution in [-0.4, -0.2) is 37.5 Å². The summed E-state index contributed by atoms with van der Waals surface area (Å²) >= 11 is 0. The molecule has 0 unspecified atom stereocenters. The van der Waals surface area contributed by atoms with Gasteiger partial charge in [-0.1, -0.05) is 0 Å². The molecular weight excluding hydrogens is 307 g/mol. The number of piperidine rings is 1. The van der Waals surface area contributed by atoms with E-state index in [2.05, 4.69) is 31.3 Å². The number of aromatic amines is 1. The Hall–Kier alpha value is -1.83. The highest BCUT2D eigenvalue weighted by Crippen LogP contribution is 2.31. The first-order valence-corrected chi connectivity index (χ1v) is 7.82. The maximum Gasteiger partial charge on any atom is 0.432 e. The largest absolute Gasteiger partial charge is 0.432 e. The van der Waals surface area contributed by atoms with Gasteiger partial charge in [-0.25, -0.2) is 9.97 Å². The average Bonchev–Trinajstić information content (AvgIpc) is 3.16. The second-order valence-corrected chi connectivity index (χ2v) is 5.88. The third-order valence-corrected chi connectivity index (χ3v) is 4.30. The van der Waals surface area contributed by atoms with Crippen LogP contribution in [0.1, 0.15) is 43.0 Å². The Kier molecular flexibility index (Phi) is 4.43. The van der Waals surface area contributed by atoms with E-state index >= 15 is 0 Å². The zero-order valence-corrected chi connectivity index (χ0v) is 13.0. The van der Waals surface area contributed by atoms with E-state index in [4.69, 9.17) is 0 Å². The summed E-state index contributed by atoms with van der Waals surface area (Å²) in [6.07, 6.45) is 2.04. The Labute approximate surface area is 132 Å². The Balaban J connectivity index is 1.67. The van der Waals surface area contributed by atoms with E-state index in [1.165, 1.54) is 0 Å². The van der Waals surface area contributed by atoms with Crippen LogP contribution < -0.4 is 0 Å². The summed E-state index contributed by atoms with van der Waals surface area (Å²) < 4.78 is 40.1. The average molecular weight is 327 g/mol. The summed E-state index contributed by atoms with van der Waals surface area (Å²) in [4.78, 5) is 13.0. The van der Waals surface area contributed by atoms with Gasteiger partial charge in [0, 0.05) is 31.4 Å². The number of aromatic nitrogens is 4. The molecule has 1 fully saturated rings. The molecule has 1 saturated heterocycles. The lowest BCUT2D eigenvalue weighted by Gasteiger charge is -2.31. The van der Waals surface area contributed by atoms with Crippen LogP contribution in [0.5, 0.6) is 0 Å². The van der Waals surface area contributed by atoms with E-state index in [0.717, 1.165) is 38.0 Å². The molecule has 0 saturated carbocycles. The number of likely N-dealkylation sites (tertiary alicyclic amines) is 1. The van der Waals surface area contributed by atoms with Gasteiger partial charge in [-0.05, 0) is 26.3 Å². The zero-order chi connectivity index (χ0) is 16.4. The molecule has 0 amide bonds. The van der Waals surface area contributed by atoms with Crippen molar-refractivity contribution in [2.45, 2.75) is 44.9 Å². The van der Waals surface area contributed by atoms with E-state index in [0.29, 0.717) is 18.9 Å². The van der Waals surface area contributed by atoms with Crippen LogP contribution in [0.25, 0.3) is 0 Å². The fourth-order valence-electron chi connectivity index (χ4n) is 3.09. The van der Waals surface area contributed by atoms with Gasteiger partial charge in [-0.3, -0.25) is 4.90 Å². The molecule has 1 aliphatic heterocycles. The number of nitrogens with one attached hydrogen (secondary N) is 1. The Morgan fingerprint density at radius 2 is 2.17 bits per heavy atom. The summed E-state index contributed by atoms with van der Waals surface area (Å²) in [7, 11) is 0. The fraction of sp³-hybridized carbons (Fsp3) is 0.600. The number of hydrogen-bond donors (Lipinski definition) is 1. The summed E-state index contributed by atoms with van der Waals surface area (Å²) in [6, 6.07) is 0. The maximum absolute atomic E-state index is 12.7. The highest BCUT2D eigenvalue weighted by molar-refractivity contribution is 5.10. The first kappa shape index (κ1) is 16.0. The Morgan fingerprint density at radius 1 is 1.35 bits per heavy atom. The van der Waals surface area contributed by atoms with E-state index < -0.39 is 11.9 Å². The second kappa shape index (κ2) is 6.35. The topological polar surface area (TPSA) is 49.7 Å². The molecule has 0 radical (unpaired) electrons. The molecule has 5 nitrogen and oxygen atoms in total. The highest BCUT2D eigenvalue weighted by Gasteiger charge is 2.34. The predicted octanol–water partition coefficient (Wildman–Crippen LogP) is 3.02. The van der Waals surface area contributed by atoms with Gasteiger partial charge in [0.15, 0.2) is 0 Å². The van der Waals surface area contributed by atoms with Crippen molar-refractivity contribution in [1.82, 2.24) is 24.4 Å². The minimum absolute atomic E-state index is 0.00453. The van der Waals surface area contributed by atoms with Crippen LogP contribution in [0, 0.1) is 0 Å². The SMILES string of the molecule is CCn1ccnc1CN1CCC[C@@H](c2ncc(C(F)(F)F)[nH]2)C1. The van der Waals surface area contributed by atoms with Crippen molar-refractivity contribution in [2.24, 2.45) is 0 Å². The van der Waals surface area contributed by atoms with Gasteiger partial charge in [0.05, 0.1) is 12.7 Å². The van der Waals surface area contributed by atoms with Crippen LogP contribution in [0.15, 0.2) is 18.6 Å². The molecule has 2 aromatic heterocycles. The molecule has 0 aromatic carbocycles. The van der Waals surface area contributed by atoms with Gasteiger partial charge >= 0.3 is 6.18 Å². The normalized spacial score (nSPS) is 20.1. The number of halogens is 3. The first-order chi connectivity index (χ1) is 11.0. The molecule has 3 heterocycles. The van der Waals surface area contributed by atoms with Crippen LogP contribution in [0.4, 0.5) is 13.2 Å². The van der Waals surface area contributed by atoms with Crippen molar-refractivity contribution in [3.05, 3.63) is 35.9 Å². The lowest BCUT2D eigenvalue weighted by atomic mass is 9.97. The van der Waals surface area contributed by atoms with Gasteiger partial charge in [0.2, 0.25) is 0 Å². The summed E-state index contributed by atoms with van der Waals surface area (Å²) in [5.74, 6) is 1.43. The number of hydrogen-bond acceptors (Lipinski definition) is 3. The van der Waals surface area contributed by atoms with Crippen molar-refractivity contribution < 1.29 is 13.2 Å². The number of H-pyrrole nitrogens is 1. The van der Waals surface area contributed by atoms with E-state index in [-0.39, 0.29) is 5.92 Å². The van der Waals surface area contributed by atoms with Crippen molar-refractivity contribution in [1.29, 1.82) is 0 Å². The molecular formula is C15H20F3N5. The lowest BCUT2D eigenvalue weighted by Crippen LogP contribution is -2.35. The van der Waals surface area contributed by atoms with E-state index in [1.807, 2.05) is 6.20 Å². The number of imidazole rings is 2. The second-order valence-electron chi connectivity index (χ2n) is 5.88. The van der Waals surface area contributed by atoms with Gasteiger partial charge in [0.25, 0.3) is 0 Å². The number of alkyl halides is 3. The number of nitrogens with zero attached hydrogens (tertiary/aromatic N) is 4. The van der Waals surface area contributed by atoms with Crippen molar-refractivity contribution in [3.8, 4) is 0 Å². The lowest BCUT2D eigenvalue weighted by molar-refractivity contribution is -0.141. The van der Waals surface area contributed by atoms with Crippen LogP contribution in [0.3, 0.4) is 0 Å². The summed E-state index contributed by atoms with van der Waals surface area (Å²) in [5.41, 5.74) is -0.772. The molecule has 0 aliphatic carbocycles. The van der Waals surface area contributed by atoms with Gasteiger partial charge in [0.1, 0.15) is 17.3 Å². The summed E-state index contributed by atoms with van der Waals surface area (Å²) in [5, 5.41) is 0. The highest BCUT2D eigenvalue weighted by atomic mass is 19.4. The van der Waals surface area contributed by atoms with Crippen molar-refractivity contribution >= 4 is 0 Å². The molecule has 1 aliphatic rings. The third kappa shape index (κ3) is 3.57. The quantitative estimate of drug-likeness (QED) is 0.939. The summed E-state index contributed by atoms with van der Waals surface area (Å²) in [6.45, 7) is 5.26. The smallest absolute Gasteiger partial charge is 0.338 e. The Morgan fingerprint density at radius 3 is 2.87 bits per heavy atom. The monoisotopic (exact) mass is 327 g/mol. The molecule has 126 valence electrons. The van der Waals surface area contributed by atoms with Crippen LogP contribution >= 0.6 is 0 Å². The van der Waals surface area contributed by atoms with Crippen molar-refractivity contribution in [3.63, 3.8) is 0 Å². The molecule has 3 rings (SSSR count). The third-order valence-electron chi connectivity index (χ3n) is 4.30. The first-order valence-electron chi connectivity index (χ1n) is 7.82. The molecule has 8 heteroatoms. The minimum atomic E-state index is -4.37. The Bertz CT molecular complexity index is 646. The van der Waals surface area contributed by atoms with Gasteiger partial charge in [-0.2, -0.15) is 13.2 Å². The van der Waals surface area contributed by atoms with Crippen LogP contribution in [0.2, 0.25) is 0 Å². The van der Waals surface area contributed by atoms with Crippen molar-refractivity contribution in [2.75, 3.05) is 13.1 Å². The van der Waals surface area contributed by atoms with Crippen LogP contribution in [-0.2, 0) is 19.3 Å². The molecule has 1 atom stereocenters. The molecule has 1 N–H and O–H groups in total. The standard InChI is InChI=1S/C15H20F3N5/c1-2-23-7-5-19-13(23)10-22-6-3-4-11(9-22)14-20-8-12(21-14)15(16,17)18/h5,7-8,11H,2-4,6,9-10H2,1H3,(H,20,21)/t11-/m1/s1. The molecule has 23 heavy (non-hydrogen) atoms. The maximum atomic E-state index is 12.7. The predicted molar refractivity (Wildman–Crippen MR) is 78.7 cm³/mol.